The summed E-state index contributed by atoms with van der Waals surface area (Å²) >= 11 is 0. The average molecular weight is 287 g/mol. The molecule has 1 saturated carbocycles. The molecular formula is C20H33N. The number of benzene rings is 1. The smallest absolute Gasteiger partial charge is 0.00134 e. The van der Waals surface area contributed by atoms with Crippen molar-refractivity contribution in [3.63, 3.8) is 0 Å². The minimum Gasteiger partial charge on any atom is -0.314 e. The molecule has 1 aliphatic rings. The van der Waals surface area contributed by atoms with Gasteiger partial charge < -0.3 is 5.32 Å². The summed E-state index contributed by atoms with van der Waals surface area (Å²) in [7, 11) is 0. The molecule has 0 bridgehead atoms. The van der Waals surface area contributed by atoms with E-state index in [0.29, 0.717) is 11.5 Å². The van der Waals surface area contributed by atoms with E-state index in [2.05, 4.69) is 52.1 Å². The van der Waals surface area contributed by atoms with E-state index >= 15 is 0 Å². The Bertz CT molecular complexity index is 444. The molecule has 0 heterocycles. The van der Waals surface area contributed by atoms with E-state index in [4.69, 9.17) is 0 Å². The fourth-order valence-electron chi connectivity index (χ4n) is 4.00. The van der Waals surface area contributed by atoms with Crippen LogP contribution in [0.25, 0.3) is 0 Å². The Morgan fingerprint density at radius 1 is 1.00 bits per heavy atom. The van der Waals surface area contributed by atoms with E-state index in [1.54, 1.807) is 5.56 Å². The second-order valence-electron chi connectivity index (χ2n) is 7.65. The van der Waals surface area contributed by atoms with E-state index < -0.39 is 0 Å². The van der Waals surface area contributed by atoms with Gasteiger partial charge in [0.05, 0.1) is 0 Å². The first kappa shape index (κ1) is 16.5. The fourth-order valence-corrected chi connectivity index (χ4v) is 4.00. The van der Waals surface area contributed by atoms with Gasteiger partial charge >= 0.3 is 0 Å². The highest BCUT2D eigenvalue weighted by molar-refractivity contribution is 5.38. The van der Waals surface area contributed by atoms with Gasteiger partial charge in [-0.3, -0.25) is 0 Å². The minimum atomic E-state index is 0.479. The molecule has 0 aliphatic heterocycles. The van der Waals surface area contributed by atoms with Crippen LogP contribution in [-0.2, 0) is 6.42 Å². The lowest BCUT2D eigenvalue weighted by atomic mass is 9.69. The summed E-state index contributed by atoms with van der Waals surface area (Å²) in [6, 6.07) is 5.30. The standard InChI is InChI=1S/C20H33N/c1-15(2)21-14-20(9-7-6-8-10-20)13-19-17(4)11-16(3)12-18(19)5/h11-12,15,21H,6-10,13-14H2,1-5H3. The fraction of sp³-hybridized carbons (Fsp3) is 0.700. The monoisotopic (exact) mass is 287 g/mol. The SMILES string of the molecule is Cc1cc(C)c(CC2(CNC(C)C)CCCCC2)c(C)c1. The second kappa shape index (κ2) is 6.96. The zero-order valence-electron chi connectivity index (χ0n) is 14.7. The summed E-state index contributed by atoms with van der Waals surface area (Å²) in [5.74, 6) is 0. The molecule has 21 heavy (non-hydrogen) atoms. The first-order valence-corrected chi connectivity index (χ1v) is 8.72. The van der Waals surface area contributed by atoms with Crippen LogP contribution < -0.4 is 5.32 Å². The van der Waals surface area contributed by atoms with Crippen LogP contribution in [0.1, 0.15) is 68.2 Å². The highest BCUT2D eigenvalue weighted by Crippen LogP contribution is 2.40. The third-order valence-corrected chi connectivity index (χ3v) is 5.19. The molecule has 1 heteroatoms. The van der Waals surface area contributed by atoms with E-state index in [9.17, 15) is 0 Å². The molecule has 0 saturated heterocycles. The molecule has 0 unspecified atom stereocenters. The molecule has 1 nitrogen and oxygen atoms in total. The maximum atomic E-state index is 3.73. The third kappa shape index (κ3) is 4.32. The number of hydrogen-bond acceptors (Lipinski definition) is 1. The van der Waals surface area contributed by atoms with Crippen LogP contribution in [0.3, 0.4) is 0 Å². The molecule has 1 aromatic carbocycles. The Labute approximate surface area is 131 Å². The molecule has 0 amide bonds. The Kier molecular flexibility index (Phi) is 5.48. The second-order valence-corrected chi connectivity index (χ2v) is 7.65. The summed E-state index contributed by atoms with van der Waals surface area (Å²) < 4.78 is 0. The van der Waals surface area contributed by atoms with Crippen molar-refractivity contribution in [3.05, 3.63) is 34.4 Å². The van der Waals surface area contributed by atoms with Crippen LogP contribution in [0, 0.1) is 26.2 Å². The topological polar surface area (TPSA) is 12.0 Å². The normalized spacial score (nSPS) is 18.2. The Morgan fingerprint density at radius 3 is 2.10 bits per heavy atom. The van der Waals surface area contributed by atoms with Crippen molar-refractivity contribution in [2.45, 2.75) is 79.2 Å². The number of aryl methyl sites for hydroxylation is 3. The van der Waals surface area contributed by atoms with Crippen molar-refractivity contribution >= 4 is 0 Å². The first-order valence-electron chi connectivity index (χ1n) is 8.72. The van der Waals surface area contributed by atoms with E-state index in [0.717, 1.165) is 0 Å². The third-order valence-electron chi connectivity index (χ3n) is 5.19. The zero-order chi connectivity index (χ0) is 15.5. The maximum Gasteiger partial charge on any atom is 0.00134 e. The maximum absolute atomic E-state index is 3.73. The molecule has 1 aliphatic carbocycles. The number of hydrogen-bond donors (Lipinski definition) is 1. The van der Waals surface area contributed by atoms with Crippen molar-refractivity contribution in [2.24, 2.45) is 5.41 Å². The summed E-state index contributed by atoms with van der Waals surface area (Å²) in [6.45, 7) is 12.5. The van der Waals surface area contributed by atoms with Crippen molar-refractivity contribution in [3.8, 4) is 0 Å². The molecule has 0 aromatic heterocycles. The van der Waals surface area contributed by atoms with Gasteiger partial charge in [0.25, 0.3) is 0 Å². The predicted octanol–water partition coefficient (Wildman–Crippen LogP) is 5.10. The van der Waals surface area contributed by atoms with Crippen molar-refractivity contribution < 1.29 is 0 Å². The molecule has 2 rings (SSSR count). The van der Waals surface area contributed by atoms with E-state index in [-0.39, 0.29) is 0 Å². The van der Waals surface area contributed by atoms with E-state index in [1.165, 1.54) is 61.8 Å². The highest BCUT2D eigenvalue weighted by atomic mass is 14.9. The molecular weight excluding hydrogens is 254 g/mol. The molecule has 118 valence electrons. The highest BCUT2D eigenvalue weighted by Gasteiger charge is 2.33. The summed E-state index contributed by atoms with van der Waals surface area (Å²) in [5.41, 5.74) is 6.46. The summed E-state index contributed by atoms with van der Waals surface area (Å²) in [6.07, 6.45) is 8.27. The van der Waals surface area contributed by atoms with Crippen LogP contribution in [0.2, 0.25) is 0 Å². The lowest BCUT2D eigenvalue weighted by molar-refractivity contribution is 0.176. The van der Waals surface area contributed by atoms with Crippen LogP contribution in [-0.4, -0.2) is 12.6 Å². The molecule has 1 aromatic rings. The van der Waals surface area contributed by atoms with Crippen LogP contribution >= 0.6 is 0 Å². The van der Waals surface area contributed by atoms with Gasteiger partial charge in [-0.05, 0) is 62.1 Å². The van der Waals surface area contributed by atoms with E-state index in [1.807, 2.05) is 0 Å². The van der Waals surface area contributed by atoms with Gasteiger partial charge in [0, 0.05) is 12.6 Å². The van der Waals surface area contributed by atoms with Gasteiger partial charge in [-0.2, -0.15) is 0 Å². The van der Waals surface area contributed by atoms with Gasteiger partial charge in [-0.1, -0.05) is 50.8 Å². The number of rotatable bonds is 5. The zero-order valence-corrected chi connectivity index (χ0v) is 14.7. The largest absolute Gasteiger partial charge is 0.314 e. The minimum absolute atomic E-state index is 0.479. The Balaban J connectivity index is 2.22. The van der Waals surface area contributed by atoms with Crippen LogP contribution in [0.15, 0.2) is 12.1 Å². The summed E-state index contributed by atoms with van der Waals surface area (Å²) in [5, 5.41) is 3.73. The van der Waals surface area contributed by atoms with Gasteiger partial charge in [-0.25, -0.2) is 0 Å². The lowest BCUT2D eigenvalue weighted by Gasteiger charge is -2.39. The molecule has 0 spiro atoms. The predicted molar refractivity (Wildman–Crippen MR) is 93.0 cm³/mol. The Morgan fingerprint density at radius 2 is 1.57 bits per heavy atom. The van der Waals surface area contributed by atoms with Crippen molar-refractivity contribution in [2.75, 3.05) is 6.54 Å². The van der Waals surface area contributed by atoms with Gasteiger partial charge in [0.2, 0.25) is 0 Å². The molecule has 0 atom stereocenters. The van der Waals surface area contributed by atoms with Gasteiger partial charge in [0.1, 0.15) is 0 Å². The molecule has 1 fully saturated rings. The number of nitrogens with one attached hydrogen (secondary N) is 1. The first-order chi connectivity index (χ1) is 9.92. The molecule has 0 radical (unpaired) electrons. The average Bonchev–Trinajstić information content (AvgIpc) is 2.42. The molecule has 1 N–H and O–H groups in total. The van der Waals surface area contributed by atoms with Gasteiger partial charge in [-0.15, -0.1) is 0 Å². The van der Waals surface area contributed by atoms with Crippen molar-refractivity contribution in [1.29, 1.82) is 0 Å². The van der Waals surface area contributed by atoms with Crippen LogP contribution in [0.4, 0.5) is 0 Å². The van der Waals surface area contributed by atoms with Crippen LogP contribution in [0.5, 0.6) is 0 Å². The summed E-state index contributed by atoms with van der Waals surface area (Å²) in [4.78, 5) is 0. The van der Waals surface area contributed by atoms with Gasteiger partial charge in [0.15, 0.2) is 0 Å². The van der Waals surface area contributed by atoms with Crippen molar-refractivity contribution in [1.82, 2.24) is 5.32 Å². The quantitative estimate of drug-likeness (QED) is 0.794. The lowest BCUT2D eigenvalue weighted by Crippen LogP contribution is -2.40. The Hall–Kier alpha value is -0.820.